The maximum atomic E-state index is 5.33. The Kier molecular flexibility index (Phi) is 8.46. The van der Waals surface area contributed by atoms with E-state index in [0.717, 1.165) is 39.3 Å². The van der Waals surface area contributed by atoms with Crippen LogP contribution in [0.2, 0.25) is 0 Å². The molecule has 0 fully saturated rings. The molecule has 2 aliphatic heterocycles. The van der Waals surface area contributed by atoms with Crippen molar-refractivity contribution in [1.82, 2.24) is 5.32 Å². The van der Waals surface area contributed by atoms with E-state index in [1.165, 1.54) is 61.4 Å². The molecule has 0 amide bonds. The summed E-state index contributed by atoms with van der Waals surface area (Å²) in [6.45, 7) is 0. The number of para-hydroxylation sites is 3. The van der Waals surface area contributed by atoms with Gasteiger partial charge in [-0.25, -0.2) is 0 Å². The number of fused-ring (bicyclic) bond motifs is 9. The van der Waals surface area contributed by atoms with Gasteiger partial charge in [-0.15, -0.1) is 0 Å². The van der Waals surface area contributed by atoms with E-state index in [2.05, 4.69) is 247 Å². The largest absolute Gasteiger partial charge is 0.359 e. The Morgan fingerprint density at radius 1 is 0.387 bits per heavy atom. The molecule has 292 valence electrons. The standard InChI is InChI=1S/C59H41N3/c1-4-18-40(19-5-1)41-32-34-42(35-33-41)54-39-55(61-58(60-54)43-20-6-2-7-21-43)49-26-11-10-24-46(49)44-36-37-48-47-25-12-13-27-50(47)59(53(48)38-44)51-28-14-16-30-56(51)62(45-22-8-3-9-23-45)57-31-17-15-29-52(57)59/h1-39,58,61H. The number of anilines is 3. The lowest BCUT2D eigenvalue weighted by Gasteiger charge is -2.45. The van der Waals surface area contributed by atoms with E-state index in [1.54, 1.807) is 0 Å². The average Bonchev–Trinajstić information content (AvgIpc) is 3.65. The summed E-state index contributed by atoms with van der Waals surface area (Å²) in [5.74, 6) is 0. The number of benzene rings is 9. The van der Waals surface area contributed by atoms with Crippen LogP contribution in [0.1, 0.15) is 45.1 Å². The van der Waals surface area contributed by atoms with Gasteiger partial charge in [-0.2, -0.15) is 0 Å². The molecule has 1 unspecified atom stereocenters. The molecule has 0 saturated carbocycles. The summed E-state index contributed by atoms with van der Waals surface area (Å²) in [6, 6.07) is 83.7. The van der Waals surface area contributed by atoms with Crippen LogP contribution in [-0.2, 0) is 5.41 Å². The van der Waals surface area contributed by atoms with Crippen molar-refractivity contribution >= 4 is 28.5 Å². The Bertz CT molecular complexity index is 3160. The van der Waals surface area contributed by atoms with E-state index >= 15 is 0 Å². The first-order valence-corrected chi connectivity index (χ1v) is 21.4. The monoisotopic (exact) mass is 791 g/mol. The minimum atomic E-state index is -0.540. The Morgan fingerprint density at radius 2 is 0.887 bits per heavy atom. The summed E-state index contributed by atoms with van der Waals surface area (Å²) in [5, 5.41) is 3.87. The average molecular weight is 792 g/mol. The van der Waals surface area contributed by atoms with Crippen molar-refractivity contribution in [3.05, 3.63) is 276 Å². The van der Waals surface area contributed by atoms with Crippen molar-refractivity contribution in [3.8, 4) is 33.4 Å². The van der Waals surface area contributed by atoms with Gasteiger partial charge in [-0.05, 0) is 103 Å². The summed E-state index contributed by atoms with van der Waals surface area (Å²) < 4.78 is 0. The van der Waals surface area contributed by atoms with Gasteiger partial charge in [0.05, 0.1) is 22.5 Å². The van der Waals surface area contributed by atoms with Gasteiger partial charge in [-0.1, -0.05) is 200 Å². The third-order valence-corrected chi connectivity index (χ3v) is 12.9. The van der Waals surface area contributed by atoms with Crippen molar-refractivity contribution in [3.63, 3.8) is 0 Å². The molecule has 1 N–H and O–H groups in total. The highest BCUT2D eigenvalue weighted by molar-refractivity contribution is 6.13. The third kappa shape index (κ3) is 5.63. The van der Waals surface area contributed by atoms with E-state index in [4.69, 9.17) is 4.99 Å². The molecule has 3 nitrogen and oxygen atoms in total. The Hall–Kier alpha value is -8.01. The van der Waals surface area contributed by atoms with Crippen LogP contribution in [0.5, 0.6) is 0 Å². The fourth-order valence-electron chi connectivity index (χ4n) is 10.2. The zero-order chi connectivity index (χ0) is 41.0. The van der Waals surface area contributed by atoms with Gasteiger partial charge < -0.3 is 10.2 Å². The molecule has 1 atom stereocenters. The highest BCUT2D eigenvalue weighted by Crippen LogP contribution is 2.63. The Labute approximate surface area is 362 Å². The van der Waals surface area contributed by atoms with Crippen LogP contribution < -0.4 is 10.2 Å². The van der Waals surface area contributed by atoms with E-state index in [1.807, 2.05) is 0 Å². The van der Waals surface area contributed by atoms with E-state index in [-0.39, 0.29) is 6.17 Å². The Balaban J connectivity index is 1.03. The van der Waals surface area contributed by atoms with Gasteiger partial charge in [0.2, 0.25) is 0 Å². The van der Waals surface area contributed by atoms with Crippen LogP contribution in [0.3, 0.4) is 0 Å². The van der Waals surface area contributed by atoms with Crippen LogP contribution in [0.4, 0.5) is 17.1 Å². The van der Waals surface area contributed by atoms with Crippen LogP contribution in [0.25, 0.3) is 39.1 Å². The van der Waals surface area contributed by atoms with Gasteiger partial charge >= 0.3 is 0 Å². The van der Waals surface area contributed by atoms with Crippen LogP contribution in [0.15, 0.2) is 242 Å². The number of nitrogens with one attached hydrogen (secondary N) is 1. The summed E-state index contributed by atoms with van der Waals surface area (Å²) in [6.07, 6.45) is 1.97. The fraction of sp³-hybridized carbons (Fsp3) is 0.0339. The number of hydrogen-bond donors (Lipinski definition) is 1. The smallest absolute Gasteiger partial charge is 0.145 e. The molecule has 0 bridgehead atoms. The molecule has 3 aliphatic rings. The Morgan fingerprint density at radius 3 is 1.58 bits per heavy atom. The molecule has 0 radical (unpaired) electrons. The van der Waals surface area contributed by atoms with Crippen molar-refractivity contribution < 1.29 is 0 Å². The van der Waals surface area contributed by atoms with E-state index < -0.39 is 5.41 Å². The van der Waals surface area contributed by atoms with E-state index in [0.29, 0.717) is 0 Å². The molecule has 62 heavy (non-hydrogen) atoms. The van der Waals surface area contributed by atoms with Gasteiger partial charge in [0.15, 0.2) is 0 Å². The molecular formula is C59H41N3. The number of nitrogens with zero attached hydrogens (tertiary/aromatic N) is 2. The minimum Gasteiger partial charge on any atom is -0.359 e. The van der Waals surface area contributed by atoms with Crippen molar-refractivity contribution in [1.29, 1.82) is 0 Å². The summed E-state index contributed by atoms with van der Waals surface area (Å²) in [7, 11) is 0. The molecule has 9 aromatic rings. The van der Waals surface area contributed by atoms with E-state index in [9.17, 15) is 0 Å². The highest BCUT2D eigenvalue weighted by atomic mass is 15.2. The second-order valence-electron chi connectivity index (χ2n) is 16.3. The van der Waals surface area contributed by atoms with Crippen LogP contribution >= 0.6 is 0 Å². The van der Waals surface area contributed by atoms with Gasteiger partial charge in [0.1, 0.15) is 6.17 Å². The fourth-order valence-corrected chi connectivity index (χ4v) is 10.2. The zero-order valence-corrected chi connectivity index (χ0v) is 34.0. The number of allylic oxidation sites excluding steroid dienone is 1. The lowest BCUT2D eigenvalue weighted by molar-refractivity contribution is 0.664. The normalized spacial score (nSPS) is 15.4. The SMILES string of the molecule is C1=C(c2ccccc2-c2ccc3c(c2)C2(c4ccccc4-3)c3ccccc3N(c3ccccc3)c3ccccc32)NC(c2ccccc2)N=C1c1ccc(-c2ccccc2)cc1. The van der Waals surface area contributed by atoms with Gasteiger partial charge in [0.25, 0.3) is 0 Å². The highest BCUT2D eigenvalue weighted by Gasteiger charge is 2.51. The predicted octanol–water partition coefficient (Wildman–Crippen LogP) is 14.3. The quantitative estimate of drug-likeness (QED) is 0.182. The molecule has 0 aromatic heterocycles. The number of aliphatic imine (C=N–C) groups is 1. The first-order valence-electron chi connectivity index (χ1n) is 21.4. The second-order valence-corrected chi connectivity index (χ2v) is 16.3. The van der Waals surface area contributed by atoms with Gasteiger partial charge in [0, 0.05) is 16.9 Å². The first kappa shape index (κ1) is 35.9. The molecule has 1 aliphatic carbocycles. The number of hydrogen-bond acceptors (Lipinski definition) is 3. The lowest BCUT2D eigenvalue weighted by atomic mass is 9.64. The predicted molar refractivity (Wildman–Crippen MR) is 256 cm³/mol. The molecule has 2 heterocycles. The van der Waals surface area contributed by atoms with Gasteiger partial charge in [-0.3, -0.25) is 4.99 Å². The van der Waals surface area contributed by atoms with Crippen molar-refractivity contribution in [2.45, 2.75) is 11.6 Å². The zero-order valence-electron chi connectivity index (χ0n) is 34.0. The number of rotatable bonds is 6. The first-order chi connectivity index (χ1) is 30.8. The summed E-state index contributed by atoms with van der Waals surface area (Å²) >= 11 is 0. The molecule has 1 spiro atoms. The second kappa shape index (κ2) is 14.6. The van der Waals surface area contributed by atoms with Crippen molar-refractivity contribution in [2.75, 3.05) is 4.90 Å². The summed E-state index contributed by atoms with van der Waals surface area (Å²) in [5.41, 5.74) is 20.7. The topological polar surface area (TPSA) is 27.6 Å². The maximum absolute atomic E-state index is 5.33. The summed E-state index contributed by atoms with van der Waals surface area (Å²) in [4.78, 5) is 7.76. The van der Waals surface area contributed by atoms with Crippen LogP contribution in [-0.4, -0.2) is 5.71 Å². The molecular weight excluding hydrogens is 751 g/mol. The molecule has 3 heteroatoms. The minimum absolute atomic E-state index is 0.256. The molecule has 0 saturated heterocycles. The lowest BCUT2D eigenvalue weighted by Crippen LogP contribution is -2.36. The third-order valence-electron chi connectivity index (χ3n) is 12.9. The van der Waals surface area contributed by atoms with Crippen LogP contribution in [0, 0.1) is 0 Å². The maximum Gasteiger partial charge on any atom is 0.145 e. The molecule has 12 rings (SSSR count). The molecule has 9 aromatic carbocycles. The van der Waals surface area contributed by atoms with Crippen molar-refractivity contribution in [2.24, 2.45) is 4.99 Å².